The Balaban J connectivity index is 0.00000242. The van der Waals surface area contributed by atoms with Crippen molar-refractivity contribution in [1.29, 1.82) is 0 Å². The molecule has 4 nitrogen and oxygen atoms in total. The van der Waals surface area contributed by atoms with Gasteiger partial charge in [0.25, 0.3) is 0 Å². The molecule has 1 heterocycles. The average molecular weight is 325 g/mol. The lowest BCUT2D eigenvalue weighted by Crippen LogP contribution is -2.45. The first-order valence-corrected chi connectivity index (χ1v) is 7.75. The number of Topliss-reactive ketones (excluding diaryl/α,β-unsaturated/α-hetero) is 1. The van der Waals surface area contributed by atoms with Gasteiger partial charge in [0.2, 0.25) is 5.91 Å². The van der Waals surface area contributed by atoms with E-state index in [0.717, 1.165) is 25.8 Å². The van der Waals surface area contributed by atoms with Crippen molar-refractivity contribution in [2.75, 3.05) is 13.1 Å². The predicted molar refractivity (Wildman–Crippen MR) is 90.4 cm³/mol. The number of piperidine rings is 1. The fraction of sp³-hybridized carbons (Fsp3) is 0.529. The molecule has 0 saturated carbocycles. The number of benzene rings is 1. The molecule has 1 fully saturated rings. The standard InChI is InChI=1S/C17H24N2O2.ClH/c1-2-13-5-7-14(8-6-13)16(20)9-10-17(21)19-11-3-4-15(18)12-19;/h5-8,15H,2-4,9-12,18H2,1H3;1H. The van der Waals surface area contributed by atoms with E-state index in [9.17, 15) is 9.59 Å². The van der Waals surface area contributed by atoms with Crippen molar-refractivity contribution >= 4 is 24.1 Å². The number of hydrogen-bond donors (Lipinski definition) is 1. The number of nitrogens with zero attached hydrogens (tertiary/aromatic N) is 1. The van der Waals surface area contributed by atoms with E-state index >= 15 is 0 Å². The third-order valence-electron chi connectivity index (χ3n) is 4.06. The number of ketones is 1. The lowest BCUT2D eigenvalue weighted by molar-refractivity contribution is -0.132. The fourth-order valence-corrected chi connectivity index (χ4v) is 2.69. The summed E-state index contributed by atoms with van der Waals surface area (Å²) in [5, 5.41) is 0. The van der Waals surface area contributed by atoms with Gasteiger partial charge in [-0.2, -0.15) is 0 Å². The summed E-state index contributed by atoms with van der Waals surface area (Å²) < 4.78 is 0. The van der Waals surface area contributed by atoms with Crippen molar-refractivity contribution in [2.24, 2.45) is 5.73 Å². The van der Waals surface area contributed by atoms with Crippen molar-refractivity contribution in [3.63, 3.8) is 0 Å². The third kappa shape index (κ3) is 5.11. The molecule has 0 radical (unpaired) electrons. The van der Waals surface area contributed by atoms with Crippen LogP contribution in [0, 0.1) is 0 Å². The van der Waals surface area contributed by atoms with E-state index < -0.39 is 0 Å². The highest BCUT2D eigenvalue weighted by atomic mass is 35.5. The summed E-state index contributed by atoms with van der Waals surface area (Å²) in [7, 11) is 0. The Morgan fingerprint density at radius 2 is 1.91 bits per heavy atom. The topological polar surface area (TPSA) is 63.4 Å². The quantitative estimate of drug-likeness (QED) is 0.847. The Bertz CT molecular complexity index is 502. The highest BCUT2D eigenvalue weighted by Crippen LogP contribution is 2.13. The van der Waals surface area contributed by atoms with Crippen LogP contribution in [0.5, 0.6) is 0 Å². The molecule has 1 unspecified atom stereocenters. The van der Waals surface area contributed by atoms with E-state index in [4.69, 9.17) is 5.73 Å². The zero-order valence-electron chi connectivity index (χ0n) is 13.1. The van der Waals surface area contributed by atoms with Crippen LogP contribution in [-0.2, 0) is 11.2 Å². The van der Waals surface area contributed by atoms with Crippen LogP contribution in [0.2, 0.25) is 0 Å². The molecule has 1 amide bonds. The van der Waals surface area contributed by atoms with Crippen molar-refractivity contribution in [1.82, 2.24) is 4.90 Å². The summed E-state index contributed by atoms with van der Waals surface area (Å²) in [6.07, 6.45) is 3.45. The number of likely N-dealkylation sites (tertiary alicyclic amines) is 1. The molecule has 1 aliphatic rings. The number of rotatable bonds is 5. The van der Waals surface area contributed by atoms with Crippen LogP contribution >= 0.6 is 12.4 Å². The summed E-state index contributed by atoms with van der Waals surface area (Å²) >= 11 is 0. The van der Waals surface area contributed by atoms with Gasteiger partial charge in [0.1, 0.15) is 0 Å². The maximum absolute atomic E-state index is 12.1. The number of halogens is 1. The van der Waals surface area contributed by atoms with E-state index in [2.05, 4.69) is 6.92 Å². The van der Waals surface area contributed by atoms with E-state index in [1.54, 1.807) is 4.90 Å². The van der Waals surface area contributed by atoms with Crippen LogP contribution in [0.4, 0.5) is 0 Å². The van der Waals surface area contributed by atoms with Crippen molar-refractivity contribution in [3.05, 3.63) is 35.4 Å². The number of carbonyl (C=O) groups excluding carboxylic acids is 2. The van der Waals surface area contributed by atoms with E-state index in [-0.39, 0.29) is 43.0 Å². The smallest absolute Gasteiger partial charge is 0.223 e. The molecule has 1 aromatic rings. The average Bonchev–Trinajstić information content (AvgIpc) is 2.52. The minimum atomic E-state index is 0. The second-order valence-corrected chi connectivity index (χ2v) is 5.72. The van der Waals surface area contributed by atoms with Crippen LogP contribution in [0.3, 0.4) is 0 Å². The Morgan fingerprint density at radius 3 is 2.50 bits per heavy atom. The largest absolute Gasteiger partial charge is 0.341 e. The zero-order chi connectivity index (χ0) is 15.2. The van der Waals surface area contributed by atoms with Crippen LogP contribution in [-0.4, -0.2) is 35.7 Å². The van der Waals surface area contributed by atoms with Gasteiger partial charge in [-0.3, -0.25) is 9.59 Å². The van der Waals surface area contributed by atoms with E-state index in [1.807, 2.05) is 24.3 Å². The Morgan fingerprint density at radius 1 is 1.23 bits per heavy atom. The first-order valence-electron chi connectivity index (χ1n) is 7.75. The van der Waals surface area contributed by atoms with Crippen molar-refractivity contribution in [3.8, 4) is 0 Å². The lowest BCUT2D eigenvalue weighted by Gasteiger charge is -2.30. The summed E-state index contributed by atoms with van der Waals surface area (Å²) in [6.45, 7) is 3.48. The molecule has 1 aromatic carbocycles. The van der Waals surface area contributed by atoms with Gasteiger partial charge in [-0.05, 0) is 24.8 Å². The predicted octanol–water partition coefficient (Wildman–Crippen LogP) is 2.58. The third-order valence-corrected chi connectivity index (χ3v) is 4.06. The SMILES string of the molecule is CCc1ccc(C(=O)CCC(=O)N2CCCC(N)C2)cc1.Cl. The molecule has 1 saturated heterocycles. The second kappa shape index (κ2) is 8.91. The maximum atomic E-state index is 12.1. The molecule has 22 heavy (non-hydrogen) atoms. The minimum Gasteiger partial charge on any atom is -0.341 e. The van der Waals surface area contributed by atoms with Crippen LogP contribution in [0.15, 0.2) is 24.3 Å². The summed E-state index contributed by atoms with van der Waals surface area (Å²) in [4.78, 5) is 26.0. The zero-order valence-corrected chi connectivity index (χ0v) is 13.9. The maximum Gasteiger partial charge on any atom is 0.223 e. The number of hydrogen-bond acceptors (Lipinski definition) is 3. The number of carbonyl (C=O) groups is 2. The molecular weight excluding hydrogens is 300 g/mol. The van der Waals surface area contributed by atoms with Gasteiger partial charge in [0.05, 0.1) is 0 Å². The molecular formula is C17H25ClN2O2. The molecule has 0 aromatic heterocycles. The molecule has 122 valence electrons. The molecule has 0 bridgehead atoms. The lowest BCUT2D eigenvalue weighted by atomic mass is 10.0. The van der Waals surface area contributed by atoms with E-state index in [0.29, 0.717) is 12.1 Å². The normalized spacial score (nSPS) is 17.7. The first kappa shape index (κ1) is 18.7. The molecule has 0 spiro atoms. The minimum absolute atomic E-state index is 0. The molecule has 5 heteroatoms. The Hall–Kier alpha value is -1.39. The van der Waals surface area contributed by atoms with Gasteiger partial charge in [-0.15, -0.1) is 12.4 Å². The van der Waals surface area contributed by atoms with Crippen LogP contribution < -0.4 is 5.73 Å². The van der Waals surface area contributed by atoms with Gasteiger partial charge < -0.3 is 10.6 Å². The highest BCUT2D eigenvalue weighted by Gasteiger charge is 2.21. The number of amides is 1. The monoisotopic (exact) mass is 324 g/mol. The van der Waals surface area contributed by atoms with Gasteiger partial charge in [-0.25, -0.2) is 0 Å². The van der Waals surface area contributed by atoms with Crippen molar-refractivity contribution < 1.29 is 9.59 Å². The Kier molecular flexibility index (Phi) is 7.56. The number of nitrogens with two attached hydrogens (primary N) is 1. The van der Waals surface area contributed by atoms with Gasteiger partial charge in [-0.1, -0.05) is 31.2 Å². The van der Waals surface area contributed by atoms with Gasteiger partial charge in [0.15, 0.2) is 5.78 Å². The second-order valence-electron chi connectivity index (χ2n) is 5.72. The van der Waals surface area contributed by atoms with Gasteiger partial charge >= 0.3 is 0 Å². The molecule has 2 N–H and O–H groups in total. The summed E-state index contributed by atoms with van der Waals surface area (Å²) in [6, 6.07) is 7.72. The fourth-order valence-electron chi connectivity index (χ4n) is 2.69. The summed E-state index contributed by atoms with van der Waals surface area (Å²) in [5.41, 5.74) is 7.78. The van der Waals surface area contributed by atoms with Crippen molar-refractivity contribution in [2.45, 2.75) is 45.1 Å². The van der Waals surface area contributed by atoms with E-state index in [1.165, 1.54) is 5.56 Å². The number of aryl methyl sites for hydroxylation is 1. The molecule has 2 rings (SSSR count). The molecule has 1 aliphatic heterocycles. The first-order chi connectivity index (χ1) is 10.1. The molecule has 1 atom stereocenters. The highest BCUT2D eigenvalue weighted by molar-refractivity contribution is 5.98. The summed E-state index contributed by atoms with van der Waals surface area (Å²) in [5.74, 6) is 0.0796. The van der Waals surface area contributed by atoms with Crippen LogP contribution in [0.25, 0.3) is 0 Å². The molecule has 0 aliphatic carbocycles. The van der Waals surface area contributed by atoms with Gasteiger partial charge in [0, 0.05) is 37.5 Å². The van der Waals surface area contributed by atoms with Crippen LogP contribution in [0.1, 0.15) is 48.5 Å². The Labute approximate surface area is 138 Å².